The molecule has 0 aliphatic carbocycles. The smallest absolute Gasteiger partial charge is 0.305 e. The highest BCUT2D eigenvalue weighted by Gasteiger charge is 2.08. The summed E-state index contributed by atoms with van der Waals surface area (Å²) in [7, 11) is 1.41. The van der Waals surface area contributed by atoms with Crippen molar-refractivity contribution in [1.82, 2.24) is 0 Å². The van der Waals surface area contributed by atoms with Crippen molar-refractivity contribution >= 4 is 5.97 Å². The van der Waals surface area contributed by atoms with E-state index < -0.39 is 0 Å². The van der Waals surface area contributed by atoms with Gasteiger partial charge in [-0.05, 0) is 42.7 Å². The summed E-state index contributed by atoms with van der Waals surface area (Å²) >= 11 is 0. The molecular weight excluding hydrogens is 252 g/mol. The number of hydrogen-bond donors (Lipinski definition) is 1. The van der Waals surface area contributed by atoms with Gasteiger partial charge < -0.3 is 9.84 Å². The number of carbonyl (C=O) groups excluding carboxylic acids is 1. The summed E-state index contributed by atoms with van der Waals surface area (Å²) in [5, 5.41) is 10.1. The normalized spacial score (nSPS) is 12.4. The van der Waals surface area contributed by atoms with E-state index in [2.05, 4.69) is 18.6 Å². The quantitative estimate of drug-likeness (QED) is 0.738. The highest BCUT2D eigenvalue weighted by molar-refractivity contribution is 5.69. The van der Waals surface area contributed by atoms with Gasteiger partial charge in [0.2, 0.25) is 0 Å². The van der Waals surface area contributed by atoms with Crippen molar-refractivity contribution in [2.45, 2.75) is 52.1 Å². The molecule has 0 spiro atoms. The first-order valence-corrected chi connectivity index (χ1v) is 7.36. The van der Waals surface area contributed by atoms with Crippen molar-refractivity contribution in [1.29, 1.82) is 0 Å². The van der Waals surface area contributed by atoms with Crippen LogP contribution in [0.4, 0.5) is 0 Å². The second kappa shape index (κ2) is 8.75. The Morgan fingerprint density at radius 2 is 1.85 bits per heavy atom. The number of aliphatic hydroxyl groups excluding tert-OH is 1. The lowest BCUT2D eigenvalue weighted by Gasteiger charge is -2.13. The Morgan fingerprint density at radius 1 is 1.20 bits per heavy atom. The van der Waals surface area contributed by atoms with E-state index in [4.69, 9.17) is 0 Å². The largest absolute Gasteiger partial charge is 0.469 e. The van der Waals surface area contributed by atoms with Gasteiger partial charge in [0.1, 0.15) is 0 Å². The number of aryl methyl sites for hydroxylation is 1. The van der Waals surface area contributed by atoms with Crippen molar-refractivity contribution < 1.29 is 14.6 Å². The lowest BCUT2D eigenvalue weighted by atomic mass is 9.98. The van der Waals surface area contributed by atoms with Crippen LogP contribution in [-0.2, 0) is 16.0 Å². The second-order valence-corrected chi connectivity index (χ2v) is 5.66. The summed E-state index contributed by atoms with van der Waals surface area (Å²) in [5.41, 5.74) is 2.16. The standard InChI is InChI=1S/C17H26O3/c1-13(2)7-12-16(18)15-10-8-14(9-11-15)5-4-6-17(19)20-3/h8-11,13,16,18H,4-7,12H2,1-3H3. The van der Waals surface area contributed by atoms with Crippen LogP contribution in [0.5, 0.6) is 0 Å². The Kier molecular flexibility index (Phi) is 7.31. The molecule has 1 aromatic carbocycles. The summed E-state index contributed by atoms with van der Waals surface area (Å²) in [6.45, 7) is 4.33. The molecule has 1 rings (SSSR count). The SMILES string of the molecule is COC(=O)CCCc1ccc(C(O)CCC(C)C)cc1. The summed E-state index contributed by atoms with van der Waals surface area (Å²) < 4.78 is 4.61. The zero-order valence-electron chi connectivity index (χ0n) is 12.8. The fourth-order valence-corrected chi connectivity index (χ4v) is 2.10. The van der Waals surface area contributed by atoms with E-state index in [0.717, 1.165) is 31.2 Å². The fraction of sp³-hybridized carbons (Fsp3) is 0.588. The molecule has 112 valence electrons. The van der Waals surface area contributed by atoms with Gasteiger partial charge in [0.15, 0.2) is 0 Å². The average Bonchev–Trinajstić information content (AvgIpc) is 2.45. The van der Waals surface area contributed by atoms with Crippen LogP contribution in [0.25, 0.3) is 0 Å². The predicted molar refractivity (Wildman–Crippen MR) is 80.4 cm³/mol. The molecule has 0 aliphatic heterocycles. The van der Waals surface area contributed by atoms with Crippen LogP contribution in [-0.4, -0.2) is 18.2 Å². The van der Waals surface area contributed by atoms with Gasteiger partial charge in [0, 0.05) is 6.42 Å². The Hall–Kier alpha value is -1.35. The number of aliphatic hydroxyl groups is 1. The van der Waals surface area contributed by atoms with E-state index in [9.17, 15) is 9.90 Å². The van der Waals surface area contributed by atoms with Gasteiger partial charge in [0.25, 0.3) is 0 Å². The number of carbonyl (C=O) groups is 1. The number of benzene rings is 1. The summed E-state index contributed by atoms with van der Waals surface area (Å²) in [5.74, 6) is 0.452. The van der Waals surface area contributed by atoms with Crippen LogP contribution in [0.3, 0.4) is 0 Å². The third-order valence-electron chi connectivity index (χ3n) is 3.46. The minimum absolute atomic E-state index is 0.161. The number of ether oxygens (including phenoxy) is 1. The molecule has 0 saturated heterocycles. The summed E-state index contributed by atoms with van der Waals surface area (Å²) in [4.78, 5) is 11.0. The third-order valence-corrected chi connectivity index (χ3v) is 3.46. The number of methoxy groups -OCH3 is 1. The minimum atomic E-state index is -0.374. The van der Waals surface area contributed by atoms with Crippen LogP contribution >= 0.6 is 0 Å². The maximum Gasteiger partial charge on any atom is 0.305 e. The monoisotopic (exact) mass is 278 g/mol. The molecule has 0 bridgehead atoms. The molecule has 0 fully saturated rings. The molecule has 1 unspecified atom stereocenters. The molecule has 0 heterocycles. The Bertz CT molecular complexity index is 395. The van der Waals surface area contributed by atoms with Gasteiger partial charge in [-0.25, -0.2) is 0 Å². The van der Waals surface area contributed by atoms with Gasteiger partial charge in [-0.2, -0.15) is 0 Å². The third kappa shape index (κ3) is 6.20. The molecule has 0 aromatic heterocycles. The molecule has 0 amide bonds. The first-order valence-electron chi connectivity index (χ1n) is 7.36. The highest BCUT2D eigenvalue weighted by atomic mass is 16.5. The molecule has 1 N–H and O–H groups in total. The van der Waals surface area contributed by atoms with Crippen LogP contribution in [0, 0.1) is 5.92 Å². The highest BCUT2D eigenvalue weighted by Crippen LogP contribution is 2.21. The van der Waals surface area contributed by atoms with Crippen molar-refractivity contribution in [2.75, 3.05) is 7.11 Å². The molecular formula is C17H26O3. The van der Waals surface area contributed by atoms with Crippen molar-refractivity contribution in [2.24, 2.45) is 5.92 Å². The molecule has 1 atom stereocenters. The minimum Gasteiger partial charge on any atom is -0.469 e. The van der Waals surface area contributed by atoms with E-state index in [1.807, 2.05) is 24.3 Å². The van der Waals surface area contributed by atoms with Crippen LogP contribution in [0.15, 0.2) is 24.3 Å². The molecule has 0 saturated carbocycles. The van der Waals surface area contributed by atoms with Gasteiger partial charge >= 0.3 is 5.97 Å². The topological polar surface area (TPSA) is 46.5 Å². The van der Waals surface area contributed by atoms with E-state index in [0.29, 0.717) is 12.3 Å². The molecule has 3 heteroatoms. The van der Waals surface area contributed by atoms with Crippen molar-refractivity contribution in [3.05, 3.63) is 35.4 Å². The summed E-state index contributed by atoms with van der Waals surface area (Å²) in [6, 6.07) is 8.04. The van der Waals surface area contributed by atoms with E-state index in [1.165, 1.54) is 12.7 Å². The molecule has 1 aromatic rings. The van der Waals surface area contributed by atoms with E-state index in [1.54, 1.807) is 0 Å². The van der Waals surface area contributed by atoms with Gasteiger partial charge in [-0.1, -0.05) is 38.1 Å². The number of hydrogen-bond acceptors (Lipinski definition) is 3. The second-order valence-electron chi connectivity index (χ2n) is 5.66. The maximum absolute atomic E-state index is 11.0. The molecule has 3 nitrogen and oxygen atoms in total. The van der Waals surface area contributed by atoms with E-state index >= 15 is 0 Å². The zero-order valence-corrected chi connectivity index (χ0v) is 12.8. The zero-order chi connectivity index (χ0) is 15.0. The van der Waals surface area contributed by atoms with Crippen molar-refractivity contribution in [3.8, 4) is 0 Å². The molecule has 0 radical (unpaired) electrons. The number of esters is 1. The first-order chi connectivity index (χ1) is 9.52. The fourth-order valence-electron chi connectivity index (χ4n) is 2.10. The lowest BCUT2D eigenvalue weighted by Crippen LogP contribution is -2.01. The molecule has 0 aliphatic rings. The number of rotatable bonds is 8. The van der Waals surface area contributed by atoms with Crippen LogP contribution < -0.4 is 0 Å². The first kappa shape index (κ1) is 16.7. The lowest BCUT2D eigenvalue weighted by molar-refractivity contribution is -0.140. The van der Waals surface area contributed by atoms with Crippen molar-refractivity contribution in [3.63, 3.8) is 0 Å². The molecule has 20 heavy (non-hydrogen) atoms. The summed E-state index contributed by atoms with van der Waals surface area (Å²) in [6.07, 6.45) is 3.57. The van der Waals surface area contributed by atoms with E-state index in [-0.39, 0.29) is 12.1 Å². The predicted octanol–water partition coefficient (Wildman–Crippen LogP) is 3.65. The Balaban J connectivity index is 2.41. The van der Waals surface area contributed by atoms with Crippen LogP contribution in [0.2, 0.25) is 0 Å². The average molecular weight is 278 g/mol. The Morgan fingerprint density at radius 3 is 2.40 bits per heavy atom. The van der Waals surface area contributed by atoms with Crippen LogP contribution in [0.1, 0.15) is 56.8 Å². The van der Waals surface area contributed by atoms with Gasteiger partial charge in [-0.3, -0.25) is 4.79 Å². The Labute approximate surface area is 122 Å². The maximum atomic E-state index is 11.0. The van der Waals surface area contributed by atoms with Gasteiger partial charge in [-0.15, -0.1) is 0 Å². The van der Waals surface area contributed by atoms with Gasteiger partial charge in [0.05, 0.1) is 13.2 Å².